The number of rotatable bonds is 6. The molecule has 0 aliphatic carbocycles. The van der Waals surface area contributed by atoms with Gasteiger partial charge in [-0.15, -0.1) is 0 Å². The van der Waals surface area contributed by atoms with Crippen LogP contribution in [-0.2, 0) is 11.3 Å². The largest absolute Gasteiger partial charge is 0.370 e. The molecule has 0 saturated heterocycles. The van der Waals surface area contributed by atoms with Crippen LogP contribution in [0.2, 0.25) is 0 Å². The number of carbonyl (C=O) groups excluding carboxylic acids is 2. The summed E-state index contributed by atoms with van der Waals surface area (Å²) in [5, 5.41) is 1.04. The van der Waals surface area contributed by atoms with Crippen molar-refractivity contribution in [3.05, 3.63) is 70.9 Å². The van der Waals surface area contributed by atoms with Gasteiger partial charge in [-0.1, -0.05) is 30.3 Å². The average Bonchev–Trinajstić information content (AvgIpc) is 2.92. The molecule has 0 atom stereocenters. The Morgan fingerprint density at radius 3 is 2.50 bits per heavy atom. The molecule has 0 fully saturated rings. The van der Waals surface area contributed by atoms with Crippen LogP contribution < -0.4 is 5.73 Å². The number of amides is 2. The van der Waals surface area contributed by atoms with Crippen LogP contribution in [-0.4, -0.2) is 28.2 Å². The maximum absolute atomic E-state index is 13.1. The molecule has 0 unspecified atom stereocenters. The molecule has 0 spiro atoms. The van der Waals surface area contributed by atoms with Gasteiger partial charge in [0.1, 0.15) is 0 Å². The van der Waals surface area contributed by atoms with Gasteiger partial charge in [0, 0.05) is 41.7 Å². The van der Waals surface area contributed by atoms with E-state index < -0.39 is 5.91 Å². The summed E-state index contributed by atoms with van der Waals surface area (Å²) in [6.07, 6.45) is 0.142. The topological polar surface area (TPSA) is 79.2 Å². The van der Waals surface area contributed by atoms with Gasteiger partial charge in [0.2, 0.25) is 5.91 Å². The molecule has 26 heavy (non-hydrogen) atoms. The van der Waals surface area contributed by atoms with Gasteiger partial charge in [-0.25, -0.2) is 0 Å². The Labute approximate surface area is 152 Å². The lowest BCUT2D eigenvalue weighted by Gasteiger charge is -2.22. The van der Waals surface area contributed by atoms with Crippen molar-refractivity contribution in [1.29, 1.82) is 0 Å². The molecule has 2 aromatic carbocycles. The van der Waals surface area contributed by atoms with Gasteiger partial charge < -0.3 is 15.6 Å². The number of carbonyl (C=O) groups is 2. The van der Waals surface area contributed by atoms with E-state index in [-0.39, 0.29) is 12.3 Å². The second-order valence-electron chi connectivity index (χ2n) is 6.56. The standard InChI is InChI=1S/C21H23N3O2/c1-14-15(2)23-19-9-8-17(12-18(14)19)21(26)24(11-10-20(22)25)13-16-6-4-3-5-7-16/h3-9,12,23H,10-11,13H2,1-2H3,(H2,22,25). The number of aryl methyl sites for hydroxylation is 2. The quantitative estimate of drug-likeness (QED) is 0.716. The summed E-state index contributed by atoms with van der Waals surface area (Å²) < 4.78 is 0. The Bertz CT molecular complexity index is 945. The van der Waals surface area contributed by atoms with E-state index in [1.54, 1.807) is 4.90 Å². The number of H-pyrrole nitrogens is 1. The van der Waals surface area contributed by atoms with Crippen LogP contribution in [0.1, 0.15) is 33.6 Å². The van der Waals surface area contributed by atoms with Gasteiger partial charge in [0.15, 0.2) is 0 Å². The first-order valence-corrected chi connectivity index (χ1v) is 8.66. The highest BCUT2D eigenvalue weighted by molar-refractivity contribution is 5.99. The second kappa shape index (κ2) is 7.44. The minimum absolute atomic E-state index is 0.102. The van der Waals surface area contributed by atoms with E-state index in [1.807, 2.05) is 62.4 Å². The molecule has 2 amide bonds. The molecular formula is C21H23N3O2. The molecule has 0 bridgehead atoms. The highest BCUT2D eigenvalue weighted by Gasteiger charge is 2.18. The Hall–Kier alpha value is -3.08. The number of fused-ring (bicyclic) bond motifs is 1. The number of hydrogen-bond acceptors (Lipinski definition) is 2. The molecule has 0 aliphatic rings. The molecule has 1 heterocycles. The second-order valence-corrected chi connectivity index (χ2v) is 6.56. The highest BCUT2D eigenvalue weighted by Crippen LogP contribution is 2.23. The Morgan fingerprint density at radius 2 is 1.81 bits per heavy atom. The zero-order chi connectivity index (χ0) is 18.7. The summed E-state index contributed by atoms with van der Waals surface area (Å²) in [7, 11) is 0. The van der Waals surface area contributed by atoms with E-state index in [2.05, 4.69) is 4.98 Å². The van der Waals surface area contributed by atoms with Crippen LogP contribution >= 0.6 is 0 Å². The zero-order valence-corrected chi connectivity index (χ0v) is 15.1. The van der Waals surface area contributed by atoms with E-state index in [0.717, 1.165) is 27.7 Å². The summed E-state index contributed by atoms with van der Waals surface area (Å²) in [5.74, 6) is -0.515. The minimum atomic E-state index is -0.414. The lowest BCUT2D eigenvalue weighted by Crippen LogP contribution is -2.33. The van der Waals surface area contributed by atoms with Crippen LogP contribution in [0, 0.1) is 13.8 Å². The fraction of sp³-hybridized carbons (Fsp3) is 0.238. The minimum Gasteiger partial charge on any atom is -0.370 e. The van der Waals surface area contributed by atoms with Gasteiger partial charge in [0.05, 0.1) is 0 Å². The van der Waals surface area contributed by atoms with Crippen molar-refractivity contribution in [3.63, 3.8) is 0 Å². The molecular weight excluding hydrogens is 326 g/mol. The fourth-order valence-corrected chi connectivity index (χ4v) is 3.08. The van der Waals surface area contributed by atoms with Crippen molar-refractivity contribution in [1.82, 2.24) is 9.88 Å². The van der Waals surface area contributed by atoms with Crippen molar-refractivity contribution >= 4 is 22.7 Å². The van der Waals surface area contributed by atoms with Crippen LogP contribution in [0.15, 0.2) is 48.5 Å². The third-order valence-corrected chi connectivity index (χ3v) is 4.69. The molecule has 3 aromatic rings. The number of aromatic amines is 1. The average molecular weight is 349 g/mol. The first-order valence-electron chi connectivity index (χ1n) is 8.66. The van der Waals surface area contributed by atoms with Gasteiger partial charge in [-0.2, -0.15) is 0 Å². The van der Waals surface area contributed by atoms with Gasteiger partial charge in [-0.05, 0) is 43.2 Å². The predicted octanol–water partition coefficient (Wildman–Crippen LogP) is 3.30. The number of primary amides is 1. The maximum atomic E-state index is 13.1. The van der Waals surface area contributed by atoms with E-state index in [9.17, 15) is 9.59 Å². The van der Waals surface area contributed by atoms with Crippen LogP contribution in [0.5, 0.6) is 0 Å². The van der Waals surface area contributed by atoms with E-state index in [4.69, 9.17) is 5.73 Å². The van der Waals surface area contributed by atoms with Gasteiger partial charge >= 0.3 is 0 Å². The Kier molecular flexibility index (Phi) is 5.07. The highest BCUT2D eigenvalue weighted by atomic mass is 16.2. The normalized spacial score (nSPS) is 10.8. The summed E-state index contributed by atoms with van der Waals surface area (Å²) in [6, 6.07) is 15.4. The smallest absolute Gasteiger partial charge is 0.254 e. The van der Waals surface area contributed by atoms with E-state index in [1.165, 1.54) is 0 Å². The fourth-order valence-electron chi connectivity index (χ4n) is 3.08. The first kappa shape index (κ1) is 17.7. The molecule has 0 radical (unpaired) electrons. The van der Waals surface area contributed by atoms with Crippen molar-refractivity contribution in [2.45, 2.75) is 26.8 Å². The number of nitrogens with two attached hydrogens (primary N) is 1. The van der Waals surface area contributed by atoms with Gasteiger partial charge in [-0.3, -0.25) is 9.59 Å². The molecule has 5 nitrogen and oxygen atoms in total. The van der Waals surface area contributed by atoms with Crippen molar-refractivity contribution in [2.24, 2.45) is 5.73 Å². The van der Waals surface area contributed by atoms with Gasteiger partial charge in [0.25, 0.3) is 5.91 Å². The maximum Gasteiger partial charge on any atom is 0.254 e. The number of aromatic nitrogens is 1. The molecule has 3 rings (SSSR count). The van der Waals surface area contributed by atoms with Crippen molar-refractivity contribution in [3.8, 4) is 0 Å². The monoisotopic (exact) mass is 349 g/mol. The van der Waals surface area contributed by atoms with Crippen molar-refractivity contribution < 1.29 is 9.59 Å². The zero-order valence-electron chi connectivity index (χ0n) is 15.1. The Balaban J connectivity index is 1.90. The number of hydrogen-bond donors (Lipinski definition) is 2. The third kappa shape index (κ3) is 3.77. The molecule has 3 N–H and O–H groups in total. The van der Waals surface area contributed by atoms with Crippen LogP contribution in [0.25, 0.3) is 10.9 Å². The lowest BCUT2D eigenvalue weighted by atomic mass is 10.1. The van der Waals surface area contributed by atoms with Crippen LogP contribution in [0.4, 0.5) is 0 Å². The summed E-state index contributed by atoms with van der Waals surface area (Å²) in [4.78, 5) is 29.3. The molecule has 0 saturated carbocycles. The number of benzene rings is 2. The first-order chi connectivity index (χ1) is 12.5. The van der Waals surface area contributed by atoms with E-state index in [0.29, 0.717) is 18.7 Å². The summed E-state index contributed by atoms with van der Waals surface area (Å²) in [6.45, 7) is 4.80. The molecule has 134 valence electrons. The molecule has 0 aliphatic heterocycles. The summed E-state index contributed by atoms with van der Waals surface area (Å²) >= 11 is 0. The predicted molar refractivity (Wildman–Crippen MR) is 103 cm³/mol. The van der Waals surface area contributed by atoms with Crippen LogP contribution in [0.3, 0.4) is 0 Å². The lowest BCUT2D eigenvalue weighted by molar-refractivity contribution is -0.118. The third-order valence-electron chi connectivity index (χ3n) is 4.69. The number of nitrogens with one attached hydrogen (secondary N) is 1. The summed E-state index contributed by atoms with van der Waals surface area (Å²) in [5.41, 5.74) is 10.2. The molecule has 1 aromatic heterocycles. The SMILES string of the molecule is Cc1[nH]c2ccc(C(=O)N(CCC(N)=O)Cc3ccccc3)cc2c1C. The van der Waals surface area contributed by atoms with E-state index >= 15 is 0 Å². The Morgan fingerprint density at radius 1 is 1.08 bits per heavy atom. The number of nitrogens with zero attached hydrogens (tertiary/aromatic N) is 1. The van der Waals surface area contributed by atoms with Crippen molar-refractivity contribution in [2.75, 3.05) is 6.54 Å². The molecule has 5 heteroatoms.